The highest BCUT2D eigenvalue weighted by molar-refractivity contribution is 5.84. The first-order valence-electron chi connectivity index (χ1n) is 7.75. The standard InChI is InChI=1S/C19H19NO6/c1-22-12-5-6-13(15(21)9-12)14-10-26-20-18(14)11-7-16(23-2)19(25-4)17(8-11)24-3/h5-10,21H,1-4H3. The fraction of sp³-hybridized carbons (Fsp3) is 0.211. The lowest BCUT2D eigenvalue weighted by atomic mass is 10.0. The van der Waals surface area contributed by atoms with Crippen molar-refractivity contribution >= 4 is 0 Å². The Balaban J connectivity index is 2.15. The van der Waals surface area contributed by atoms with E-state index >= 15 is 0 Å². The molecule has 3 aromatic rings. The molecule has 26 heavy (non-hydrogen) atoms. The molecule has 0 fully saturated rings. The predicted octanol–water partition coefficient (Wildman–Crippen LogP) is 3.75. The van der Waals surface area contributed by atoms with Crippen molar-refractivity contribution in [2.45, 2.75) is 0 Å². The van der Waals surface area contributed by atoms with E-state index in [0.717, 1.165) is 0 Å². The van der Waals surface area contributed by atoms with Gasteiger partial charge in [-0.15, -0.1) is 0 Å². The van der Waals surface area contributed by atoms with Gasteiger partial charge in [0.1, 0.15) is 23.5 Å². The van der Waals surface area contributed by atoms with Crippen molar-refractivity contribution in [2.24, 2.45) is 0 Å². The maximum atomic E-state index is 10.3. The van der Waals surface area contributed by atoms with Crippen molar-refractivity contribution in [1.29, 1.82) is 0 Å². The number of nitrogens with zero attached hydrogens (tertiary/aromatic N) is 1. The molecule has 0 saturated carbocycles. The monoisotopic (exact) mass is 357 g/mol. The summed E-state index contributed by atoms with van der Waals surface area (Å²) >= 11 is 0. The van der Waals surface area contributed by atoms with Crippen LogP contribution in [0.2, 0.25) is 0 Å². The van der Waals surface area contributed by atoms with Gasteiger partial charge in [-0.1, -0.05) is 5.16 Å². The van der Waals surface area contributed by atoms with Crippen molar-refractivity contribution < 1.29 is 28.6 Å². The molecule has 0 bridgehead atoms. The number of phenols is 1. The van der Waals surface area contributed by atoms with Crippen molar-refractivity contribution in [2.75, 3.05) is 28.4 Å². The first kappa shape index (κ1) is 17.5. The molecular weight excluding hydrogens is 338 g/mol. The lowest BCUT2D eigenvalue weighted by molar-refractivity contribution is 0.324. The van der Waals surface area contributed by atoms with Gasteiger partial charge in [0, 0.05) is 17.2 Å². The maximum Gasteiger partial charge on any atom is 0.203 e. The van der Waals surface area contributed by atoms with Crippen molar-refractivity contribution in [3.8, 4) is 51.1 Å². The average Bonchev–Trinajstić information content (AvgIpc) is 3.15. The van der Waals surface area contributed by atoms with Crippen molar-refractivity contribution in [1.82, 2.24) is 5.16 Å². The molecule has 136 valence electrons. The minimum absolute atomic E-state index is 0.0567. The molecule has 7 heteroatoms. The Hall–Kier alpha value is -3.35. The second kappa shape index (κ2) is 7.26. The Morgan fingerprint density at radius 2 is 1.54 bits per heavy atom. The largest absolute Gasteiger partial charge is 0.507 e. The molecule has 7 nitrogen and oxygen atoms in total. The van der Waals surface area contributed by atoms with Gasteiger partial charge in [-0.25, -0.2) is 0 Å². The summed E-state index contributed by atoms with van der Waals surface area (Å²) in [6, 6.07) is 8.55. The number of benzene rings is 2. The van der Waals surface area contributed by atoms with Crippen LogP contribution in [0.1, 0.15) is 0 Å². The van der Waals surface area contributed by atoms with Crippen LogP contribution in [-0.2, 0) is 0 Å². The molecule has 0 saturated heterocycles. The fourth-order valence-electron chi connectivity index (χ4n) is 2.72. The molecule has 0 radical (unpaired) electrons. The first-order chi connectivity index (χ1) is 12.6. The van der Waals surface area contributed by atoms with Gasteiger partial charge >= 0.3 is 0 Å². The molecular formula is C19H19NO6. The highest BCUT2D eigenvalue weighted by Crippen LogP contribution is 2.44. The Kier molecular flexibility index (Phi) is 4.88. The smallest absolute Gasteiger partial charge is 0.203 e. The van der Waals surface area contributed by atoms with E-state index in [9.17, 15) is 5.11 Å². The minimum atomic E-state index is 0.0567. The van der Waals surface area contributed by atoms with Gasteiger partial charge < -0.3 is 28.6 Å². The van der Waals surface area contributed by atoms with Crippen LogP contribution < -0.4 is 18.9 Å². The van der Waals surface area contributed by atoms with E-state index < -0.39 is 0 Å². The number of hydrogen-bond donors (Lipinski definition) is 1. The summed E-state index contributed by atoms with van der Waals surface area (Å²) in [5.74, 6) is 2.08. The fourth-order valence-corrected chi connectivity index (χ4v) is 2.72. The van der Waals surface area contributed by atoms with Gasteiger partial charge in [0.15, 0.2) is 11.5 Å². The molecule has 1 aromatic heterocycles. The third-order valence-electron chi connectivity index (χ3n) is 4.00. The molecule has 0 amide bonds. The van der Waals surface area contributed by atoms with Crippen LogP contribution >= 0.6 is 0 Å². The second-order valence-corrected chi connectivity index (χ2v) is 5.37. The van der Waals surface area contributed by atoms with E-state index in [0.29, 0.717) is 45.4 Å². The van der Waals surface area contributed by atoms with Gasteiger partial charge in [0.05, 0.1) is 34.0 Å². The summed E-state index contributed by atoms with van der Waals surface area (Å²) in [5.41, 5.74) is 2.42. The number of hydrogen-bond acceptors (Lipinski definition) is 7. The number of ether oxygens (including phenoxy) is 4. The zero-order chi connectivity index (χ0) is 18.7. The number of rotatable bonds is 6. The van der Waals surface area contributed by atoms with Crippen molar-refractivity contribution in [3.05, 3.63) is 36.6 Å². The van der Waals surface area contributed by atoms with Crippen molar-refractivity contribution in [3.63, 3.8) is 0 Å². The normalized spacial score (nSPS) is 10.5. The Morgan fingerprint density at radius 3 is 2.08 bits per heavy atom. The zero-order valence-electron chi connectivity index (χ0n) is 14.9. The number of aromatic nitrogens is 1. The summed E-state index contributed by atoms with van der Waals surface area (Å²) in [6.45, 7) is 0. The predicted molar refractivity (Wildman–Crippen MR) is 95.2 cm³/mol. The lowest BCUT2D eigenvalue weighted by Crippen LogP contribution is -1.96. The van der Waals surface area contributed by atoms with Crippen LogP contribution in [0.15, 0.2) is 41.1 Å². The molecule has 0 aliphatic heterocycles. The van der Waals surface area contributed by atoms with E-state index in [4.69, 9.17) is 23.5 Å². The first-order valence-corrected chi connectivity index (χ1v) is 7.75. The number of methoxy groups -OCH3 is 4. The molecule has 1 N–H and O–H groups in total. The van der Waals surface area contributed by atoms with Crippen LogP contribution in [0.25, 0.3) is 22.4 Å². The SMILES string of the molecule is COc1ccc(-c2conc2-c2cc(OC)c(OC)c(OC)c2)c(O)c1. The highest BCUT2D eigenvalue weighted by atomic mass is 16.5. The summed E-state index contributed by atoms with van der Waals surface area (Å²) < 4.78 is 26.4. The van der Waals surface area contributed by atoms with Crippen LogP contribution in [0.5, 0.6) is 28.7 Å². The molecule has 0 spiro atoms. The summed E-state index contributed by atoms with van der Waals surface area (Å²) in [4.78, 5) is 0. The zero-order valence-corrected chi connectivity index (χ0v) is 14.9. The third kappa shape index (κ3) is 2.99. The average molecular weight is 357 g/mol. The molecule has 2 aromatic carbocycles. The molecule has 0 atom stereocenters. The minimum Gasteiger partial charge on any atom is -0.507 e. The number of phenolic OH excluding ortho intramolecular Hbond substituents is 1. The van der Waals surface area contributed by atoms with Gasteiger partial charge in [0.25, 0.3) is 0 Å². The number of aromatic hydroxyl groups is 1. The maximum absolute atomic E-state index is 10.3. The molecule has 3 rings (SSSR count). The summed E-state index contributed by atoms with van der Waals surface area (Å²) in [6.07, 6.45) is 1.47. The molecule has 0 unspecified atom stereocenters. The van der Waals surface area contributed by atoms with E-state index in [-0.39, 0.29) is 5.75 Å². The third-order valence-corrected chi connectivity index (χ3v) is 4.00. The van der Waals surface area contributed by atoms with E-state index in [1.54, 1.807) is 38.5 Å². The quantitative estimate of drug-likeness (QED) is 0.719. The lowest BCUT2D eigenvalue weighted by Gasteiger charge is -2.14. The Morgan fingerprint density at radius 1 is 0.846 bits per heavy atom. The summed E-state index contributed by atoms with van der Waals surface area (Å²) in [7, 11) is 6.16. The Bertz CT molecular complexity index is 893. The van der Waals surface area contributed by atoms with Crippen LogP contribution in [0.3, 0.4) is 0 Å². The Labute approximate surface area is 150 Å². The van der Waals surface area contributed by atoms with Gasteiger partial charge in [-0.2, -0.15) is 0 Å². The topological polar surface area (TPSA) is 83.2 Å². The van der Waals surface area contributed by atoms with Crippen LogP contribution in [-0.4, -0.2) is 38.7 Å². The van der Waals surface area contributed by atoms with E-state index in [2.05, 4.69) is 5.16 Å². The summed E-state index contributed by atoms with van der Waals surface area (Å²) in [5, 5.41) is 14.4. The molecule has 1 heterocycles. The van der Waals surface area contributed by atoms with E-state index in [1.165, 1.54) is 26.5 Å². The van der Waals surface area contributed by atoms with Crippen LogP contribution in [0.4, 0.5) is 0 Å². The highest BCUT2D eigenvalue weighted by Gasteiger charge is 2.20. The van der Waals surface area contributed by atoms with Gasteiger partial charge in [-0.05, 0) is 24.3 Å². The van der Waals surface area contributed by atoms with Gasteiger partial charge in [0.2, 0.25) is 5.75 Å². The molecule has 0 aliphatic carbocycles. The van der Waals surface area contributed by atoms with E-state index in [1.807, 2.05) is 0 Å². The van der Waals surface area contributed by atoms with Crippen LogP contribution in [0, 0.1) is 0 Å². The molecule has 0 aliphatic rings. The second-order valence-electron chi connectivity index (χ2n) is 5.37. The van der Waals surface area contributed by atoms with Gasteiger partial charge in [-0.3, -0.25) is 0 Å².